The van der Waals surface area contributed by atoms with Crippen LogP contribution < -0.4 is 0 Å². The molecule has 0 bridgehead atoms. The van der Waals surface area contributed by atoms with Gasteiger partial charge in [0.15, 0.2) is 0 Å². The third-order valence-corrected chi connectivity index (χ3v) is 4.32. The molecule has 0 spiro atoms. The van der Waals surface area contributed by atoms with Crippen LogP contribution in [0.15, 0.2) is 54.6 Å². The van der Waals surface area contributed by atoms with E-state index in [1.165, 1.54) is 17.5 Å². The number of carboxylic acid groups (broad SMARTS) is 1. The summed E-state index contributed by atoms with van der Waals surface area (Å²) in [7, 11) is 0. The van der Waals surface area contributed by atoms with E-state index in [1.807, 2.05) is 26.0 Å². The first kappa shape index (κ1) is 22.9. The molecule has 1 N–H and O–H groups in total. The van der Waals surface area contributed by atoms with Gasteiger partial charge in [0.05, 0.1) is 5.56 Å². The number of carboxylic acids is 1. The minimum atomic E-state index is -0.865. The van der Waals surface area contributed by atoms with Gasteiger partial charge in [0.2, 0.25) is 0 Å². The molecule has 0 amide bonds. The fourth-order valence-corrected chi connectivity index (χ4v) is 2.21. The van der Waals surface area contributed by atoms with E-state index in [9.17, 15) is 4.79 Å². The highest BCUT2D eigenvalue weighted by Gasteiger charge is 2.05. The Balaban J connectivity index is 0.000000430. The van der Waals surface area contributed by atoms with Gasteiger partial charge in [0.25, 0.3) is 0 Å². The molecule has 0 aliphatic rings. The topological polar surface area (TPSA) is 37.3 Å². The van der Waals surface area contributed by atoms with Crippen molar-refractivity contribution in [2.75, 3.05) is 0 Å². The van der Waals surface area contributed by atoms with E-state index in [0.717, 1.165) is 6.42 Å². The Bertz CT molecular complexity index is 573. The maximum absolute atomic E-state index is 10.6. The Hall–Kier alpha value is -2.09. The monoisotopic (exact) mass is 342 g/mol. The fourth-order valence-electron chi connectivity index (χ4n) is 2.21. The van der Waals surface area contributed by atoms with Crippen LogP contribution in [-0.4, -0.2) is 11.1 Å². The van der Waals surface area contributed by atoms with Crippen molar-refractivity contribution in [1.82, 2.24) is 0 Å². The third kappa shape index (κ3) is 8.53. The Kier molecular flexibility index (Phi) is 12.1. The molecule has 2 rings (SSSR count). The molecule has 25 heavy (non-hydrogen) atoms. The van der Waals surface area contributed by atoms with Crippen molar-refractivity contribution < 1.29 is 9.90 Å². The summed E-state index contributed by atoms with van der Waals surface area (Å²) in [5, 5.41) is 8.67. The van der Waals surface area contributed by atoms with Crippen LogP contribution in [0, 0.1) is 0 Å². The Morgan fingerprint density at radius 1 is 0.800 bits per heavy atom. The van der Waals surface area contributed by atoms with Gasteiger partial charge in [-0.25, -0.2) is 4.79 Å². The molecule has 2 aromatic rings. The van der Waals surface area contributed by atoms with Gasteiger partial charge in [0.1, 0.15) is 0 Å². The van der Waals surface area contributed by atoms with Crippen LogP contribution in [0.4, 0.5) is 0 Å². The Morgan fingerprint density at radius 3 is 1.56 bits per heavy atom. The molecule has 2 unspecified atom stereocenters. The lowest BCUT2D eigenvalue weighted by Gasteiger charge is -2.08. The minimum Gasteiger partial charge on any atom is -0.478 e. The zero-order valence-electron chi connectivity index (χ0n) is 16.6. The molecule has 2 heteroatoms. The zero-order chi connectivity index (χ0) is 19.2. The van der Waals surface area contributed by atoms with Crippen LogP contribution >= 0.6 is 0 Å². The first-order valence-electron chi connectivity index (χ1n) is 9.37. The number of hydrogen-bond donors (Lipinski definition) is 1. The quantitative estimate of drug-likeness (QED) is 0.627. The van der Waals surface area contributed by atoms with Crippen LogP contribution in [0.25, 0.3) is 0 Å². The molecule has 0 saturated heterocycles. The largest absolute Gasteiger partial charge is 0.478 e. The molecule has 0 radical (unpaired) electrons. The molecule has 2 aromatic carbocycles. The van der Waals surface area contributed by atoms with Gasteiger partial charge < -0.3 is 5.11 Å². The van der Waals surface area contributed by atoms with Crippen molar-refractivity contribution in [3.8, 4) is 0 Å². The SMILES string of the molecule is CC.CCC(C)c1ccc(C(=O)O)cc1.CCC(C)c1ccccc1. The second kappa shape index (κ2) is 13.2. The highest BCUT2D eigenvalue weighted by Crippen LogP contribution is 2.18. The van der Waals surface area contributed by atoms with Crippen LogP contribution in [0.2, 0.25) is 0 Å². The summed E-state index contributed by atoms with van der Waals surface area (Å²) in [6, 6.07) is 17.7. The van der Waals surface area contributed by atoms with E-state index < -0.39 is 5.97 Å². The van der Waals surface area contributed by atoms with Crippen LogP contribution in [0.3, 0.4) is 0 Å². The van der Waals surface area contributed by atoms with Crippen LogP contribution in [0.5, 0.6) is 0 Å². The number of aromatic carboxylic acids is 1. The van der Waals surface area contributed by atoms with E-state index in [2.05, 4.69) is 58.0 Å². The maximum atomic E-state index is 10.6. The standard InChI is InChI=1S/C11H14O2.C10H14.C2H6/c1-3-8(2)9-4-6-10(7-5-9)11(12)13;1-3-9(2)10-7-5-4-6-8-10;1-2/h4-8H,3H2,1-2H3,(H,12,13);4-9H,3H2,1-2H3;1-2H3. The van der Waals surface area contributed by atoms with Crippen molar-refractivity contribution in [2.24, 2.45) is 0 Å². The number of carbonyl (C=O) groups is 1. The van der Waals surface area contributed by atoms with Crippen molar-refractivity contribution >= 4 is 5.97 Å². The Morgan fingerprint density at radius 2 is 1.20 bits per heavy atom. The van der Waals surface area contributed by atoms with Crippen molar-refractivity contribution in [1.29, 1.82) is 0 Å². The summed E-state index contributed by atoms with van der Waals surface area (Å²) in [5.41, 5.74) is 3.00. The van der Waals surface area contributed by atoms with Gasteiger partial charge in [-0.1, -0.05) is 84.0 Å². The molecular weight excluding hydrogens is 308 g/mol. The molecule has 0 saturated carbocycles. The van der Waals surface area contributed by atoms with Gasteiger partial charge in [-0.3, -0.25) is 0 Å². The number of hydrogen-bond acceptors (Lipinski definition) is 1. The normalized spacial score (nSPS) is 11.9. The predicted octanol–water partition coefficient (Wildman–Crippen LogP) is 7.12. The summed E-state index contributed by atoms with van der Waals surface area (Å²) >= 11 is 0. The molecule has 0 aliphatic heterocycles. The molecule has 0 aliphatic carbocycles. The number of benzene rings is 2. The third-order valence-electron chi connectivity index (χ3n) is 4.32. The zero-order valence-corrected chi connectivity index (χ0v) is 16.6. The minimum absolute atomic E-state index is 0.354. The van der Waals surface area contributed by atoms with Gasteiger partial charge in [-0.15, -0.1) is 0 Å². The highest BCUT2D eigenvalue weighted by atomic mass is 16.4. The van der Waals surface area contributed by atoms with Crippen LogP contribution in [-0.2, 0) is 0 Å². The lowest BCUT2D eigenvalue weighted by atomic mass is 9.98. The first-order valence-corrected chi connectivity index (χ1v) is 9.37. The summed E-state index contributed by atoms with van der Waals surface area (Å²) in [6.45, 7) is 12.7. The summed E-state index contributed by atoms with van der Waals surface area (Å²) in [6.07, 6.45) is 2.30. The summed E-state index contributed by atoms with van der Waals surface area (Å²) in [5.74, 6) is 0.347. The van der Waals surface area contributed by atoms with E-state index in [1.54, 1.807) is 12.1 Å². The van der Waals surface area contributed by atoms with Gasteiger partial charge >= 0.3 is 5.97 Å². The van der Waals surface area contributed by atoms with E-state index in [-0.39, 0.29) is 0 Å². The van der Waals surface area contributed by atoms with Crippen LogP contribution in [0.1, 0.15) is 87.7 Å². The van der Waals surface area contributed by atoms with Gasteiger partial charge in [-0.05, 0) is 47.9 Å². The Labute approximate surface area is 153 Å². The number of rotatable bonds is 5. The lowest BCUT2D eigenvalue weighted by Crippen LogP contribution is -1.97. The average Bonchev–Trinajstić information content (AvgIpc) is 2.69. The first-order chi connectivity index (χ1) is 12.0. The maximum Gasteiger partial charge on any atom is 0.335 e. The second-order valence-corrected chi connectivity index (χ2v) is 5.96. The highest BCUT2D eigenvalue weighted by molar-refractivity contribution is 5.87. The molecule has 0 heterocycles. The smallest absolute Gasteiger partial charge is 0.335 e. The van der Waals surface area contributed by atoms with Gasteiger partial charge in [0, 0.05) is 0 Å². The second-order valence-electron chi connectivity index (χ2n) is 5.96. The van der Waals surface area contributed by atoms with E-state index in [0.29, 0.717) is 17.4 Å². The van der Waals surface area contributed by atoms with E-state index in [4.69, 9.17) is 5.11 Å². The average molecular weight is 343 g/mol. The fraction of sp³-hybridized carbons (Fsp3) is 0.435. The molecule has 2 atom stereocenters. The molecule has 0 fully saturated rings. The summed E-state index contributed by atoms with van der Waals surface area (Å²) in [4.78, 5) is 10.6. The molecule has 138 valence electrons. The van der Waals surface area contributed by atoms with Crippen molar-refractivity contribution in [3.05, 3.63) is 71.3 Å². The van der Waals surface area contributed by atoms with Crippen molar-refractivity contribution in [3.63, 3.8) is 0 Å². The lowest BCUT2D eigenvalue weighted by molar-refractivity contribution is 0.0697. The van der Waals surface area contributed by atoms with E-state index >= 15 is 0 Å². The summed E-state index contributed by atoms with van der Waals surface area (Å²) < 4.78 is 0. The predicted molar refractivity (Wildman–Crippen MR) is 109 cm³/mol. The molecule has 2 nitrogen and oxygen atoms in total. The molecular formula is C23H34O2. The van der Waals surface area contributed by atoms with Gasteiger partial charge in [-0.2, -0.15) is 0 Å². The molecule has 0 aromatic heterocycles. The van der Waals surface area contributed by atoms with Crippen molar-refractivity contribution in [2.45, 2.75) is 66.2 Å².